The van der Waals surface area contributed by atoms with E-state index < -0.39 is 0 Å². The average molecular weight is 329 g/mol. The highest BCUT2D eigenvalue weighted by Gasteiger charge is 2.32. The van der Waals surface area contributed by atoms with Crippen molar-refractivity contribution in [2.24, 2.45) is 0 Å². The molecule has 0 saturated heterocycles. The van der Waals surface area contributed by atoms with E-state index in [9.17, 15) is 9.59 Å². The maximum atomic E-state index is 12.2. The standard InChI is InChI=1S/C18H23N3O3/c1-2-24-17(22)15-10-19-18(23)20-16(15)12-21(14-8-9-14)11-13-6-4-3-5-7-13/h3-7,14H,2,8-12H2,1H3,(H2,19,20,23). The van der Waals surface area contributed by atoms with Crippen molar-refractivity contribution in [1.82, 2.24) is 15.5 Å². The molecule has 1 aliphatic heterocycles. The minimum absolute atomic E-state index is 0.212. The van der Waals surface area contributed by atoms with Gasteiger partial charge in [0, 0.05) is 24.8 Å². The first-order chi connectivity index (χ1) is 11.7. The Labute approximate surface area is 141 Å². The van der Waals surface area contributed by atoms with Crippen LogP contribution < -0.4 is 10.6 Å². The molecule has 3 rings (SSSR count). The maximum absolute atomic E-state index is 12.2. The molecule has 128 valence electrons. The number of esters is 1. The molecular formula is C18H23N3O3. The Balaban J connectivity index is 1.78. The molecule has 0 aromatic heterocycles. The van der Waals surface area contributed by atoms with E-state index in [1.165, 1.54) is 5.56 Å². The number of hydrogen-bond donors (Lipinski definition) is 2. The van der Waals surface area contributed by atoms with Gasteiger partial charge in [0.2, 0.25) is 0 Å². The zero-order valence-corrected chi connectivity index (χ0v) is 13.9. The summed E-state index contributed by atoms with van der Waals surface area (Å²) < 4.78 is 5.12. The number of nitrogens with one attached hydrogen (secondary N) is 2. The molecule has 2 aliphatic rings. The minimum Gasteiger partial charge on any atom is -0.463 e. The predicted molar refractivity (Wildman–Crippen MR) is 90.1 cm³/mol. The summed E-state index contributed by atoms with van der Waals surface area (Å²) in [6.45, 7) is 3.65. The largest absolute Gasteiger partial charge is 0.463 e. The maximum Gasteiger partial charge on any atom is 0.337 e. The molecule has 1 aromatic carbocycles. The van der Waals surface area contributed by atoms with Gasteiger partial charge in [-0.25, -0.2) is 9.59 Å². The molecule has 1 aliphatic carbocycles. The monoisotopic (exact) mass is 329 g/mol. The fourth-order valence-electron chi connectivity index (χ4n) is 2.86. The van der Waals surface area contributed by atoms with E-state index in [2.05, 4.69) is 27.7 Å². The normalized spacial score (nSPS) is 17.5. The smallest absolute Gasteiger partial charge is 0.337 e. The molecule has 6 heteroatoms. The van der Waals surface area contributed by atoms with Crippen LogP contribution in [0.25, 0.3) is 0 Å². The minimum atomic E-state index is -0.365. The Hall–Kier alpha value is -2.34. The number of carbonyl (C=O) groups excluding carboxylic acids is 2. The van der Waals surface area contributed by atoms with Gasteiger partial charge < -0.3 is 15.4 Å². The van der Waals surface area contributed by atoms with Crippen LogP contribution in [0.2, 0.25) is 0 Å². The van der Waals surface area contributed by atoms with Crippen molar-refractivity contribution in [1.29, 1.82) is 0 Å². The second kappa shape index (κ2) is 7.49. The van der Waals surface area contributed by atoms with E-state index in [1.54, 1.807) is 6.92 Å². The van der Waals surface area contributed by atoms with Gasteiger partial charge in [-0.05, 0) is 25.3 Å². The van der Waals surface area contributed by atoms with Crippen molar-refractivity contribution in [3.8, 4) is 0 Å². The highest BCUT2D eigenvalue weighted by Crippen LogP contribution is 2.29. The summed E-state index contributed by atoms with van der Waals surface area (Å²) in [4.78, 5) is 26.2. The van der Waals surface area contributed by atoms with Crippen LogP contribution in [0.4, 0.5) is 4.79 Å². The van der Waals surface area contributed by atoms with E-state index in [4.69, 9.17) is 4.74 Å². The first kappa shape index (κ1) is 16.5. The van der Waals surface area contributed by atoms with Gasteiger partial charge in [-0.15, -0.1) is 0 Å². The fourth-order valence-corrected chi connectivity index (χ4v) is 2.86. The van der Waals surface area contributed by atoms with Crippen LogP contribution in [-0.4, -0.2) is 42.6 Å². The molecule has 24 heavy (non-hydrogen) atoms. The van der Waals surface area contributed by atoms with Crippen molar-refractivity contribution in [2.75, 3.05) is 19.7 Å². The van der Waals surface area contributed by atoms with Crippen LogP contribution in [0.1, 0.15) is 25.3 Å². The number of amides is 2. The van der Waals surface area contributed by atoms with Crippen LogP contribution in [0, 0.1) is 0 Å². The summed E-state index contributed by atoms with van der Waals surface area (Å²) in [5, 5.41) is 5.43. The number of hydrogen-bond acceptors (Lipinski definition) is 4. The molecule has 1 fully saturated rings. The van der Waals surface area contributed by atoms with E-state index in [-0.39, 0.29) is 18.5 Å². The van der Waals surface area contributed by atoms with Crippen molar-refractivity contribution < 1.29 is 14.3 Å². The van der Waals surface area contributed by atoms with Gasteiger partial charge in [0.1, 0.15) is 0 Å². The van der Waals surface area contributed by atoms with Crippen LogP contribution in [0.15, 0.2) is 41.6 Å². The second-order valence-electron chi connectivity index (χ2n) is 6.11. The molecule has 6 nitrogen and oxygen atoms in total. The number of carbonyl (C=O) groups is 2. The highest BCUT2D eigenvalue weighted by atomic mass is 16.5. The molecule has 0 spiro atoms. The third-order valence-corrected chi connectivity index (χ3v) is 4.23. The lowest BCUT2D eigenvalue weighted by molar-refractivity contribution is -0.138. The number of rotatable bonds is 7. The van der Waals surface area contributed by atoms with Gasteiger partial charge in [-0.2, -0.15) is 0 Å². The number of ether oxygens (including phenoxy) is 1. The lowest BCUT2D eigenvalue weighted by Gasteiger charge is -2.28. The zero-order chi connectivity index (χ0) is 16.9. The summed E-state index contributed by atoms with van der Waals surface area (Å²) in [5.41, 5.74) is 2.39. The number of nitrogens with zero attached hydrogens (tertiary/aromatic N) is 1. The first-order valence-corrected chi connectivity index (χ1v) is 8.39. The summed E-state index contributed by atoms with van der Waals surface area (Å²) in [5.74, 6) is -0.365. The van der Waals surface area contributed by atoms with Crippen LogP contribution >= 0.6 is 0 Å². The van der Waals surface area contributed by atoms with E-state index in [1.807, 2.05) is 18.2 Å². The van der Waals surface area contributed by atoms with Crippen LogP contribution in [-0.2, 0) is 16.1 Å². The van der Waals surface area contributed by atoms with Crippen molar-refractivity contribution in [2.45, 2.75) is 32.4 Å². The number of benzene rings is 1. The molecule has 2 N–H and O–H groups in total. The third kappa shape index (κ3) is 4.14. The Kier molecular flexibility index (Phi) is 5.15. The lowest BCUT2D eigenvalue weighted by atomic mass is 10.1. The van der Waals surface area contributed by atoms with Gasteiger partial charge >= 0.3 is 12.0 Å². The summed E-state index contributed by atoms with van der Waals surface area (Å²) in [6.07, 6.45) is 2.31. The summed E-state index contributed by atoms with van der Waals surface area (Å²) >= 11 is 0. The quantitative estimate of drug-likeness (QED) is 0.748. The number of urea groups is 1. The average Bonchev–Trinajstić information content (AvgIpc) is 3.40. The Morgan fingerprint density at radius 2 is 2.00 bits per heavy atom. The molecule has 0 atom stereocenters. The molecule has 0 bridgehead atoms. The van der Waals surface area contributed by atoms with Crippen molar-refractivity contribution in [3.63, 3.8) is 0 Å². The van der Waals surface area contributed by atoms with Crippen LogP contribution in [0.5, 0.6) is 0 Å². The molecule has 1 aromatic rings. The third-order valence-electron chi connectivity index (χ3n) is 4.23. The molecular weight excluding hydrogens is 306 g/mol. The van der Waals surface area contributed by atoms with Gasteiger partial charge in [0.15, 0.2) is 0 Å². The highest BCUT2D eigenvalue weighted by molar-refractivity contribution is 5.93. The Morgan fingerprint density at radius 1 is 1.25 bits per heavy atom. The van der Waals surface area contributed by atoms with Gasteiger partial charge in [-0.1, -0.05) is 30.3 Å². The molecule has 2 amide bonds. The van der Waals surface area contributed by atoms with Gasteiger partial charge in [0.05, 0.1) is 18.7 Å². The topological polar surface area (TPSA) is 70.7 Å². The molecule has 1 saturated carbocycles. The van der Waals surface area contributed by atoms with Gasteiger partial charge in [-0.3, -0.25) is 4.90 Å². The van der Waals surface area contributed by atoms with E-state index in [0.29, 0.717) is 30.5 Å². The second-order valence-corrected chi connectivity index (χ2v) is 6.11. The van der Waals surface area contributed by atoms with E-state index >= 15 is 0 Å². The summed E-state index contributed by atoms with van der Waals surface area (Å²) in [6, 6.07) is 10.5. The molecule has 0 unspecified atom stereocenters. The van der Waals surface area contributed by atoms with Crippen molar-refractivity contribution in [3.05, 3.63) is 47.2 Å². The molecule has 1 heterocycles. The predicted octanol–water partition coefficient (Wildman–Crippen LogP) is 1.78. The molecule has 0 radical (unpaired) electrons. The first-order valence-electron chi connectivity index (χ1n) is 8.39. The van der Waals surface area contributed by atoms with Gasteiger partial charge in [0.25, 0.3) is 0 Å². The van der Waals surface area contributed by atoms with Crippen molar-refractivity contribution >= 4 is 12.0 Å². The van der Waals surface area contributed by atoms with Crippen LogP contribution in [0.3, 0.4) is 0 Å². The lowest BCUT2D eigenvalue weighted by Crippen LogP contribution is -2.47. The summed E-state index contributed by atoms with van der Waals surface area (Å²) in [7, 11) is 0. The zero-order valence-electron chi connectivity index (χ0n) is 13.9. The fraction of sp³-hybridized carbons (Fsp3) is 0.444. The SMILES string of the molecule is CCOC(=O)C1=C(CN(Cc2ccccc2)C2CC2)NC(=O)NC1. The van der Waals surface area contributed by atoms with E-state index in [0.717, 1.165) is 19.4 Å². The Bertz CT molecular complexity index is 638. The Morgan fingerprint density at radius 3 is 2.67 bits per heavy atom.